The van der Waals surface area contributed by atoms with Gasteiger partial charge in [0.15, 0.2) is 0 Å². The van der Waals surface area contributed by atoms with Crippen LogP contribution in [-0.2, 0) is 0 Å². The Kier molecular flexibility index (Phi) is 5.95. The van der Waals surface area contributed by atoms with Gasteiger partial charge in [-0.2, -0.15) is 4.98 Å². The lowest BCUT2D eigenvalue weighted by atomic mass is 10.1. The van der Waals surface area contributed by atoms with Crippen molar-refractivity contribution in [2.45, 2.75) is 27.7 Å². The van der Waals surface area contributed by atoms with E-state index in [1.54, 1.807) is 0 Å². The highest BCUT2D eigenvalue weighted by atomic mass is 16.5. The van der Waals surface area contributed by atoms with E-state index in [9.17, 15) is 4.79 Å². The first-order valence-corrected chi connectivity index (χ1v) is 7.81. The number of hydrogen-bond donors (Lipinski definition) is 2. The lowest BCUT2D eigenvalue weighted by molar-refractivity contribution is 0.261. The van der Waals surface area contributed by atoms with Crippen LogP contribution in [0.5, 0.6) is 11.9 Å². The molecule has 1 aromatic carbocycles. The molecule has 7 nitrogen and oxygen atoms in total. The van der Waals surface area contributed by atoms with Gasteiger partial charge in [0, 0.05) is 5.69 Å². The SMILES string of the molecule is CCOc1ncc(NC(=O)Nc2ccc(C)cc2C)c(OCC)n1. The lowest BCUT2D eigenvalue weighted by Crippen LogP contribution is -2.21. The van der Waals surface area contributed by atoms with Gasteiger partial charge in [0.05, 0.1) is 19.4 Å². The summed E-state index contributed by atoms with van der Waals surface area (Å²) in [6.45, 7) is 8.48. The zero-order valence-corrected chi connectivity index (χ0v) is 14.3. The third-order valence-corrected chi connectivity index (χ3v) is 3.16. The van der Waals surface area contributed by atoms with E-state index in [0.717, 1.165) is 16.8 Å². The molecule has 2 rings (SSSR count). The van der Waals surface area contributed by atoms with Gasteiger partial charge in [-0.3, -0.25) is 0 Å². The minimum atomic E-state index is -0.393. The van der Waals surface area contributed by atoms with Gasteiger partial charge in [0.25, 0.3) is 0 Å². The molecule has 0 spiro atoms. The highest BCUT2D eigenvalue weighted by Crippen LogP contribution is 2.24. The Morgan fingerprint density at radius 2 is 1.79 bits per heavy atom. The number of anilines is 2. The van der Waals surface area contributed by atoms with Crippen LogP contribution in [0.25, 0.3) is 0 Å². The van der Waals surface area contributed by atoms with Crippen molar-refractivity contribution in [1.82, 2.24) is 9.97 Å². The van der Waals surface area contributed by atoms with Gasteiger partial charge >= 0.3 is 12.0 Å². The van der Waals surface area contributed by atoms with Gasteiger partial charge in [-0.1, -0.05) is 17.7 Å². The monoisotopic (exact) mass is 330 g/mol. The molecule has 0 saturated heterocycles. The van der Waals surface area contributed by atoms with Gasteiger partial charge in [-0.25, -0.2) is 9.78 Å². The molecule has 0 aliphatic carbocycles. The normalized spacial score (nSPS) is 10.2. The fourth-order valence-electron chi connectivity index (χ4n) is 2.11. The number of hydrogen-bond acceptors (Lipinski definition) is 5. The topological polar surface area (TPSA) is 85.4 Å². The fourth-order valence-corrected chi connectivity index (χ4v) is 2.11. The van der Waals surface area contributed by atoms with E-state index >= 15 is 0 Å². The molecule has 0 aliphatic rings. The minimum Gasteiger partial charge on any atom is -0.476 e. The summed E-state index contributed by atoms with van der Waals surface area (Å²) in [5.41, 5.74) is 3.24. The summed E-state index contributed by atoms with van der Waals surface area (Å²) in [5, 5.41) is 5.50. The number of nitrogens with zero attached hydrogens (tertiary/aromatic N) is 2. The van der Waals surface area contributed by atoms with Crippen molar-refractivity contribution >= 4 is 17.4 Å². The largest absolute Gasteiger partial charge is 0.476 e. The number of aromatic nitrogens is 2. The molecule has 0 aliphatic heterocycles. The predicted molar refractivity (Wildman–Crippen MR) is 92.9 cm³/mol. The lowest BCUT2D eigenvalue weighted by Gasteiger charge is -2.13. The highest BCUT2D eigenvalue weighted by molar-refractivity contribution is 6.00. The van der Waals surface area contributed by atoms with E-state index < -0.39 is 6.03 Å². The van der Waals surface area contributed by atoms with E-state index in [0.29, 0.717) is 18.9 Å². The zero-order valence-electron chi connectivity index (χ0n) is 14.3. The van der Waals surface area contributed by atoms with Crippen LogP contribution in [0.3, 0.4) is 0 Å². The molecule has 0 fully saturated rings. The number of nitrogens with one attached hydrogen (secondary N) is 2. The molecule has 0 unspecified atom stereocenters. The average molecular weight is 330 g/mol. The Hall–Kier alpha value is -2.83. The molecule has 2 aromatic rings. The van der Waals surface area contributed by atoms with Crippen molar-refractivity contribution in [2.24, 2.45) is 0 Å². The smallest absolute Gasteiger partial charge is 0.323 e. The number of carbonyl (C=O) groups excluding carboxylic acids is 1. The molecule has 1 heterocycles. The summed E-state index contributed by atoms with van der Waals surface area (Å²) >= 11 is 0. The van der Waals surface area contributed by atoms with Crippen LogP contribution in [-0.4, -0.2) is 29.2 Å². The van der Waals surface area contributed by atoms with Gasteiger partial charge in [0.1, 0.15) is 5.69 Å². The van der Waals surface area contributed by atoms with Gasteiger partial charge < -0.3 is 20.1 Å². The Morgan fingerprint density at radius 3 is 2.46 bits per heavy atom. The maximum Gasteiger partial charge on any atom is 0.323 e. The first-order valence-electron chi connectivity index (χ1n) is 7.81. The van der Waals surface area contributed by atoms with E-state index in [-0.39, 0.29) is 11.9 Å². The summed E-state index contributed by atoms with van der Waals surface area (Å²) < 4.78 is 10.7. The van der Waals surface area contributed by atoms with Crippen molar-refractivity contribution in [2.75, 3.05) is 23.8 Å². The van der Waals surface area contributed by atoms with Gasteiger partial charge in [-0.15, -0.1) is 0 Å². The first kappa shape index (κ1) is 17.5. The molecule has 0 saturated carbocycles. The Labute approximate surface area is 141 Å². The zero-order chi connectivity index (χ0) is 17.5. The van der Waals surface area contributed by atoms with Crippen LogP contribution in [0, 0.1) is 13.8 Å². The summed E-state index contributed by atoms with van der Waals surface area (Å²) in [6.07, 6.45) is 1.46. The number of amides is 2. The predicted octanol–water partition coefficient (Wildman–Crippen LogP) is 3.53. The first-order chi connectivity index (χ1) is 11.5. The van der Waals surface area contributed by atoms with E-state index in [4.69, 9.17) is 9.47 Å². The van der Waals surface area contributed by atoms with E-state index in [1.807, 2.05) is 45.9 Å². The van der Waals surface area contributed by atoms with E-state index in [1.165, 1.54) is 6.20 Å². The molecule has 0 radical (unpaired) electrons. The number of urea groups is 1. The van der Waals surface area contributed by atoms with Crippen LogP contribution in [0.2, 0.25) is 0 Å². The van der Waals surface area contributed by atoms with Crippen molar-refractivity contribution in [1.29, 1.82) is 0 Å². The third-order valence-electron chi connectivity index (χ3n) is 3.16. The van der Waals surface area contributed by atoms with Crippen LogP contribution >= 0.6 is 0 Å². The van der Waals surface area contributed by atoms with E-state index in [2.05, 4.69) is 20.6 Å². The van der Waals surface area contributed by atoms with Crippen LogP contribution < -0.4 is 20.1 Å². The highest BCUT2D eigenvalue weighted by Gasteiger charge is 2.13. The second-order valence-corrected chi connectivity index (χ2v) is 5.13. The maximum atomic E-state index is 12.2. The van der Waals surface area contributed by atoms with Crippen LogP contribution in [0.4, 0.5) is 16.2 Å². The number of carbonyl (C=O) groups is 1. The Morgan fingerprint density at radius 1 is 1.08 bits per heavy atom. The number of rotatable bonds is 6. The maximum absolute atomic E-state index is 12.2. The van der Waals surface area contributed by atoms with Crippen molar-refractivity contribution in [3.8, 4) is 11.9 Å². The summed E-state index contributed by atoms with van der Waals surface area (Å²) in [4.78, 5) is 20.4. The number of ether oxygens (including phenoxy) is 2. The second-order valence-electron chi connectivity index (χ2n) is 5.13. The molecule has 0 atom stereocenters. The molecular weight excluding hydrogens is 308 g/mol. The minimum absolute atomic E-state index is 0.210. The van der Waals surface area contributed by atoms with Crippen molar-refractivity contribution < 1.29 is 14.3 Å². The fraction of sp³-hybridized carbons (Fsp3) is 0.353. The summed E-state index contributed by atoms with van der Waals surface area (Å²) in [6, 6.07) is 5.62. The molecule has 0 bridgehead atoms. The van der Waals surface area contributed by atoms with Crippen LogP contribution in [0.1, 0.15) is 25.0 Å². The Bertz CT molecular complexity index is 719. The van der Waals surface area contributed by atoms with Gasteiger partial charge in [-0.05, 0) is 39.3 Å². The molecule has 1 aromatic heterocycles. The van der Waals surface area contributed by atoms with Crippen LogP contribution in [0.15, 0.2) is 24.4 Å². The number of aryl methyl sites for hydroxylation is 2. The standard InChI is InChI=1S/C17H22N4O3/c1-5-23-15-14(10-18-17(21-15)24-6-2)20-16(22)19-13-8-7-11(3)9-12(13)4/h7-10H,5-6H2,1-4H3,(H2,19,20,22). The summed E-state index contributed by atoms with van der Waals surface area (Å²) in [5.74, 6) is 0.270. The second kappa shape index (κ2) is 8.14. The molecule has 2 N–H and O–H groups in total. The van der Waals surface area contributed by atoms with Crippen molar-refractivity contribution in [3.05, 3.63) is 35.5 Å². The molecule has 7 heteroatoms. The molecule has 128 valence electrons. The van der Waals surface area contributed by atoms with Crippen molar-refractivity contribution in [3.63, 3.8) is 0 Å². The average Bonchev–Trinajstić information content (AvgIpc) is 2.53. The number of benzene rings is 1. The Balaban J connectivity index is 2.12. The molecule has 2 amide bonds. The molecule has 24 heavy (non-hydrogen) atoms. The molecular formula is C17H22N4O3. The third kappa shape index (κ3) is 4.58. The quantitative estimate of drug-likeness (QED) is 0.846. The van der Waals surface area contributed by atoms with Gasteiger partial charge in [0.2, 0.25) is 5.88 Å². The summed E-state index contributed by atoms with van der Waals surface area (Å²) in [7, 11) is 0.